The number of nitrogens with zero attached hydrogens (tertiary/aromatic N) is 2. The largest absolute Gasteiger partial charge is 0.456 e. The first kappa shape index (κ1) is 31.7. The van der Waals surface area contributed by atoms with E-state index in [1.165, 1.54) is 0 Å². The van der Waals surface area contributed by atoms with Crippen LogP contribution in [0.5, 0.6) is 0 Å². The van der Waals surface area contributed by atoms with Gasteiger partial charge in [0.05, 0.1) is 44.9 Å². The zero-order chi connectivity index (χ0) is 31.8. The highest BCUT2D eigenvalue weighted by molar-refractivity contribution is 5.96. The van der Waals surface area contributed by atoms with Gasteiger partial charge in [0.25, 0.3) is 5.91 Å². The van der Waals surface area contributed by atoms with Crippen molar-refractivity contribution < 1.29 is 23.6 Å². The number of likely N-dealkylation sites (N-methyl/N-ethyl adjacent to an activating group) is 1. The summed E-state index contributed by atoms with van der Waals surface area (Å²) < 4.78 is 6.34. The Balaban J connectivity index is 1.22. The number of benzene rings is 3. The third-order valence-electron chi connectivity index (χ3n) is 7.94. The first-order chi connectivity index (χ1) is 21.7. The van der Waals surface area contributed by atoms with Crippen molar-refractivity contribution >= 4 is 17.8 Å². The monoisotopic (exact) mass is 608 g/mol. The zero-order valence-corrected chi connectivity index (χ0v) is 26.2. The predicted octanol–water partition coefficient (Wildman–Crippen LogP) is 5.76. The van der Waals surface area contributed by atoms with Crippen LogP contribution in [0.1, 0.15) is 48.9 Å². The van der Waals surface area contributed by atoms with Crippen LogP contribution in [0.2, 0.25) is 0 Å². The van der Waals surface area contributed by atoms with Crippen LogP contribution in [-0.2, 0) is 14.3 Å². The molecule has 1 fully saturated rings. The molecule has 45 heavy (non-hydrogen) atoms. The average molecular weight is 609 g/mol. The molecule has 1 atom stereocenters. The third kappa shape index (κ3) is 8.67. The molecule has 1 heterocycles. The van der Waals surface area contributed by atoms with Gasteiger partial charge in [-0.05, 0) is 25.0 Å². The number of amides is 2. The smallest absolute Gasteiger partial charge is 0.309 e. The number of hydrogen-bond donors (Lipinski definition) is 3. The second kappa shape index (κ2) is 14.3. The molecule has 5 rings (SSSR count). The van der Waals surface area contributed by atoms with Crippen LogP contribution >= 0.6 is 0 Å². The van der Waals surface area contributed by atoms with E-state index >= 15 is 0 Å². The lowest BCUT2D eigenvalue weighted by Crippen LogP contribution is -2.47. The highest BCUT2D eigenvalue weighted by atomic mass is 16.5. The molecule has 9 heteroatoms. The fourth-order valence-corrected chi connectivity index (χ4v) is 5.72. The Hall–Kier alpha value is -4.76. The highest BCUT2D eigenvalue weighted by Crippen LogP contribution is 2.33. The summed E-state index contributed by atoms with van der Waals surface area (Å²) in [6.45, 7) is 0.478. The molecule has 9 nitrogen and oxygen atoms in total. The van der Waals surface area contributed by atoms with Crippen molar-refractivity contribution in [1.82, 2.24) is 20.8 Å². The van der Waals surface area contributed by atoms with Crippen LogP contribution in [0.25, 0.3) is 33.9 Å². The highest BCUT2D eigenvalue weighted by Gasteiger charge is 2.29. The SMILES string of the molecule is C[N+](C)(C)CC(CC(=O)NNC(=O)c1ccc(-c2nc(-c3ccccc3)c(-c3ccccc3)[nH]2)cc1)OC(=O)C1CCCCC1. The molecule has 2 amide bonds. The van der Waals surface area contributed by atoms with Crippen molar-refractivity contribution in [2.24, 2.45) is 5.92 Å². The average Bonchev–Trinajstić information content (AvgIpc) is 3.50. The minimum atomic E-state index is -0.592. The van der Waals surface area contributed by atoms with Gasteiger partial charge in [0.1, 0.15) is 12.4 Å². The molecule has 3 N–H and O–H groups in total. The molecule has 1 aromatic heterocycles. The Morgan fingerprint density at radius 3 is 2.07 bits per heavy atom. The Kier molecular flexibility index (Phi) is 10.1. The quantitative estimate of drug-likeness (QED) is 0.120. The van der Waals surface area contributed by atoms with Crippen LogP contribution < -0.4 is 10.9 Å². The second-order valence-corrected chi connectivity index (χ2v) is 12.7. The van der Waals surface area contributed by atoms with E-state index in [0.717, 1.165) is 60.2 Å². The van der Waals surface area contributed by atoms with Gasteiger partial charge in [-0.1, -0.05) is 92.1 Å². The normalized spacial score (nSPS) is 14.4. The molecule has 1 aliphatic carbocycles. The summed E-state index contributed by atoms with van der Waals surface area (Å²) in [5.74, 6) is -0.526. The maximum atomic E-state index is 12.9. The molecule has 0 aliphatic heterocycles. The van der Waals surface area contributed by atoms with E-state index in [-0.39, 0.29) is 18.3 Å². The lowest BCUT2D eigenvalue weighted by Gasteiger charge is -2.30. The number of rotatable bonds is 10. The van der Waals surface area contributed by atoms with Gasteiger partial charge < -0.3 is 14.2 Å². The summed E-state index contributed by atoms with van der Waals surface area (Å²) in [6, 6.07) is 27.1. The maximum Gasteiger partial charge on any atom is 0.309 e. The number of quaternary nitrogens is 1. The molecule has 1 unspecified atom stereocenters. The minimum Gasteiger partial charge on any atom is -0.456 e. The van der Waals surface area contributed by atoms with Crippen molar-refractivity contribution in [2.75, 3.05) is 27.7 Å². The molecular weight excluding hydrogens is 566 g/mol. The summed E-state index contributed by atoms with van der Waals surface area (Å²) in [7, 11) is 5.95. The van der Waals surface area contributed by atoms with Crippen molar-refractivity contribution in [3.63, 3.8) is 0 Å². The van der Waals surface area contributed by atoms with E-state index in [1.54, 1.807) is 12.1 Å². The molecule has 1 saturated carbocycles. The summed E-state index contributed by atoms with van der Waals surface area (Å²) in [6.07, 6.45) is 4.23. The topological polar surface area (TPSA) is 113 Å². The van der Waals surface area contributed by atoms with Gasteiger partial charge in [-0.3, -0.25) is 25.2 Å². The van der Waals surface area contributed by atoms with Gasteiger partial charge in [0.15, 0.2) is 6.10 Å². The zero-order valence-electron chi connectivity index (χ0n) is 26.2. The minimum absolute atomic E-state index is 0.0425. The third-order valence-corrected chi connectivity index (χ3v) is 7.94. The molecular formula is C36H42N5O4+. The molecule has 4 aromatic rings. The number of carbonyl (C=O) groups excluding carboxylic acids is 3. The molecule has 1 aliphatic rings. The summed E-state index contributed by atoms with van der Waals surface area (Å²) in [5.41, 5.74) is 9.95. The summed E-state index contributed by atoms with van der Waals surface area (Å²) in [5, 5.41) is 0. The Morgan fingerprint density at radius 1 is 0.822 bits per heavy atom. The number of aromatic nitrogens is 2. The number of hydrogen-bond acceptors (Lipinski definition) is 5. The van der Waals surface area contributed by atoms with Crippen LogP contribution in [0, 0.1) is 5.92 Å². The number of hydrazine groups is 1. The fourth-order valence-electron chi connectivity index (χ4n) is 5.72. The van der Waals surface area contributed by atoms with Crippen molar-refractivity contribution in [3.8, 4) is 33.9 Å². The predicted molar refractivity (Wildman–Crippen MR) is 174 cm³/mol. The van der Waals surface area contributed by atoms with Crippen LogP contribution in [0.3, 0.4) is 0 Å². The molecule has 3 aromatic carbocycles. The van der Waals surface area contributed by atoms with E-state index < -0.39 is 17.9 Å². The van der Waals surface area contributed by atoms with Gasteiger partial charge in [-0.25, -0.2) is 4.98 Å². The second-order valence-electron chi connectivity index (χ2n) is 12.7. The van der Waals surface area contributed by atoms with E-state index in [2.05, 4.69) is 15.8 Å². The number of esters is 1. The first-order valence-corrected chi connectivity index (χ1v) is 15.6. The molecule has 0 spiro atoms. The Morgan fingerprint density at radius 2 is 1.44 bits per heavy atom. The Bertz CT molecular complexity index is 1530. The van der Waals surface area contributed by atoms with Gasteiger partial charge in [-0.2, -0.15) is 0 Å². The number of imidazole rings is 1. The number of aromatic amines is 1. The van der Waals surface area contributed by atoms with Gasteiger partial charge in [0.2, 0.25) is 5.91 Å². The van der Waals surface area contributed by atoms with E-state index in [1.807, 2.05) is 93.9 Å². The van der Waals surface area contributed by atoms with E-state index in [0.29, 0.717) is 22.4 Å². The van der Waals surface area contributed by atoms with Crippen molar-refractivity contribution in [3.05, 3.63) is 90.5 Å². The fraction of sp³-hybridized carbons (Fsp3) is 0.333. The summed E-state index contributed by atoms with van der Waals surface area (Å²) in [4.78, 5) is 46.9. The van der Waals surface area contributed by atoms with Crippen LogP contribution in [0.15, 0.2) is 84.9 Å². The molecule has 0 radical (unpaired) electrons. The van der Waals surface area contributed by atoms with Crippen molar-refractivity contribution in [1.29, 1.82) is 0 Å². The number of carbonyl (C=O) groups is 3. The van der Waals surface area contributed by atoms with Gasteiger partial charge in [0, 0.05) is 22.3 Å². The Labute approximate surface area is 264 Å². The number of H-pyrrole nitrogens is 1. The maximum absolute atomic E-state index is 12.9. The van der Waals surface area contributed by atoms with E-state index in [4.69, 9.17) is 9.72 Å². The number of ether oxygens (including phenoxy) is 1. The first-order valence-electron chi connectivity index (χ1n) is 15.6. The van der Waals surface area contributed by atoms with Crippen molar-refractivity contribution in [2.45, 2.75) is 44.6 Å². The summed E-state index contributed by atoms with van der Waals surface area (Å²) >= 11 is 0. The molecule has 0 bridgehead atoms. The lowest BCUT2D eigenvalue weighted by molar-refractivity contribution is -0.873. The number of nitrogens with one attached hydrogen (secondary N) is 3. The standard InChI is InChI=1S/C36H41N5O4/c1-41(2,3)24-30(45-36(44)29-17-11-6-12-18-29)23-31(42)39-40-35(43)28-21-19-27(20-22-28)34-37-32(25-13-7-4-8-14-25)33(38-34)26-15-9-5-10-16-26/h4-5,7-10,13-16,19-22,29-30H,6,11-12,17-18,23-24H2,1-3H3,(H2-,37,38,39,40,42,43)/p+1. The molecule has 234 valence electrons. The molecule has 0 saturated heterocycles. The van der Waals surface area contributed by atoms with Crippen LogP contribution in [0.4, 0.5) is 0 Å². The van der Waals surface area contributed by atoms with Gasteiger partial charge in [-0.15, -0.1) is 0 Å². The lowest BCUT2D eigenvalue weighted by atomic mass is 9.89. The van der Waals surface area contributed by atoms with E-state index in [9.17, 15) is 14.4 Å². The van der Waals surface area contributed by atoms with Gasteiger partial charge >= 0.3 is 5.97 Å². The van der Waals surface area contributed by atoms with Crippen LogP contribution in [-0.4, -0.2) is 66.0 Å².